The van der Waals surface area contributed by atoms with Crippen LogP contribution in [0.25, 0.3) is 0 Å². The molecule has 1 aliphatic carbocycles. The van der Waals surface area contributed by atoms with Crippen LogP contribution in [-0.2, 0) is 4.79 Å². The van der Waals surface area contributed by atoms with Gasteiger partial charge in [-0.05, 0) is 75.0 Å². The molecule has 20 heavy (non-hydrogen) atoms. The van der Waals surface area contributed by atoms with Crippen LogP contribution in [0.2, 0.25) is 0 Å². The molecule has 0 spiro atoms. The van der Waals surface area contributed by atoms with Gasteiger partial charge in [-0.25, -0.2) is 0 Å². The van der Waals surface area contributed by atoms with Crippen molar-refractivity contribution in [1.29, 1.82) is 0 Å². The van der Waals surface area contributed by atoms with E-state index in [-0.39, 0.29) is 0 Å². The molecule has 0 unspecified atom stereocenters. The maximum absolute atomic E-state index is 12.7. The zero-order valence-corrected chi connectivity index (χ0v) is 13.3. The third kappa shape index (κ3) is 4.14. The summed E-state index contributed by atoms with van der Waals surface area (Å²) in [6.45, 7) is 3.31. The molecule has 114 valence electrons. The lowest BCUT2D eigenvalue weighted by atomic mass is 9.95. The van der Waals surface area contributed by atoms with Crippen molar-refractivity contribution in [3.05, 3.63) is 0 Å². The van der Waals surface area contributed by atoms with Crippen LogP contribution in [0.1, 0.15) is 44.9 Å². The van der Waals surface area contributed by atoms with E-state index in [9.17, 15) is 4.79 Å². The van der Waals surface area contributed by atoms with E-state index in [4.69, 9.17) is 0 Å². The van der Waals surface area contributed by atoms with Crippen molar-refractivity contribution in [1.82, 2.24) is 10.2 Å². The Kier molecular flexibility index (Phi) is 5.27. The molecule has 1 saturated carbocycles. The molecule has 3 aliphatic rings. The summed E-state index contributed by atoms with van der Waals surface area (Å²) in [5.74, 6) is 4.38. The molecule has 0 radical (unpaired) electrons. The van der Waals surface area contributed by atoms with Gasteiger partial charge in [0.05, 0.1) is 0 Å². The van der Waals surface area contributed by atoms with Crippen molar-refractivity contribution in [3.8, 4) is 0 Å². The van der Waals surface area contributed by atoms with Gasteiger partial charge in [0.25, 0.3) is 0 Å². The largest absolute Gasteiger partial charge is 0.339 e. The van der Waals surface area contributed by atoms with Gasteiger partial charge in [0.15, 0.2) is 0 Å². The lowest BCUT2D eigenvalue weighted by molar-refractivity contribution is -0.133. The first-order valence-corrected chi connectivity index (χ1v) is 9.56. The fourth-order valence-corrected chi connectivity index (χ4v) is 4.70. The highest BCUT2D eigenvalue weighted by atomic mass is 32.2. The summed E-state index contributed by atoms with van der Waals surface area (Å²) in [5, 5.41) is 3.42. The fraction of sp³-hybridized carbons (Fsp3) is 0.938. The second-order valence-corrected chi connectivity index (χ2v) is 7.96. The number of rotatable bonds is 5. The summed E-state index contributed by atoms with van der Waals surface area (Å²) in [7, 11) is 0. The van der Waals surface area contributed by atoms with Gasteiger partial charge in [0, 0.05) is 19.0 Å². The highest BCUT2D eigenvalue weighted by molar-refractivity contribution is 7.99. The second-order valence-electron chi connectivity index (χ2n) is 6.73. The van der Waals surface area contributed by atoms with Crippen LogP contribution >= 0.6 is 11.8 Å². The molecule has 3 fully saturated rings. The number of hydrogen-bond donors (Lipinski definition) is 1. The van der Waals surface area contributed by atoms with Crippen molar-refractivity contribution in [2.45, 2.75) is 51.0 Å². The highest BCUT2D eigenvalue weighted by Gasteiger charge is 2.34. The zero-order chi connectivity index (χ0) is 13.8. The Morgan fingerprint density at radius 2 is 1.70 bits per heavy atom. The van der Waals surface area contributed by atoms with E-state index >= 15 is 0 Å². The van der Waals surface area contributed by atoms with E-state index in [2.05, 4.69) is 10.2 Å². The van der Waals surface area contributed by atoms with Crippen LogP contribution in [0.15, 0.2) is 0 Å². The summed E-state index contributed by atoms with van der Waals surface area (Å²) in [6, 6.07) is 0.593. The molecule has 3 rings (SSSR count). The average molecular weight is 296 g/mol. The van der Waals surface area contributed by atoms with Gasteiger partial charge in [0.1, 0.15) is 0 Å². The molecule has 0 bridgehead atoms. The topological polar surface area (TPSA) is 32.3 Å². The van der Waals surface area contributed by atoms with E-state index < -0.39 is 0 Å². The smallest absolute Gasteiger partial charge is 0.223 e. The van der Waals surface area contributed by atoms with E-state index in [1.54, 1.807) is 0 Å². The van der Waals surface area contributed by atoms with E-state index in [1.807, 2.05) is 11.8 Å². The normalized spacial score (nSPS) is 25.6. The fourth-order valence-electron chi connectivity index (χ4n) is 3.50. The molecule has 2 saturated heterocycles. The van der Waals surface area contributed by atoms with Crippen LogP contribution in [0.5, 0.6) is 0 Å². The Hall–Kier alpha value is -0.220. The Bertz CT molecular complexity index is 320. The summed E-state index contributed by atoms with van der Waals surface area (Å²) in [5.41, 5.74) is 0. The minimum absolute atomic E-state index is 0.461. The van der Waals surface area contributed by atoms with Crippen molar-refractivity contribution in [2.75, 3.05) is 31.1 Å². The van der Waals surface area contributed by atoms with Crippen LogP contribution in [0.4, 0.5) is 0 Å². The Balaban J connectivity index is 1.51. The molecule has 0 atom stereocenters. The lowest BCUT2D eigenvalue weighted by Gasteiger charge is -2.32. The van der Waals surface area contributed by atoms with E-state index in [0.29, 0.717) is 17.9 Å². The number of thioether (sulfide) groups is 1. The quantitative estimate of drug-likeness (QED) is 0.846. The maximum atomic E-state index is 12.7. The summed E-state index contributed by atoms with van der Waals surface area (Å²) >= 11 is 2.05. The maximum Gasteiger partial charge on any atom is 0.223 e. The molecular weight excluding hydrogens is 268 g/mol. The van der Waals surface area contributed by atoms with Gasteiger partial charge in [-0.1, -0.05) is 0 Å². The van der Waals surface area contributed by atoms with Gasteiger partial charge in [-0.3, -0.25) is 4.79 Å². The highest BCUT2D eigenvalue weighted by Crippen LogP contribution is 2.32. The molecule has 1 N–H and O–H groups in total. The number of hydrogen-bond acceptors (Lipinski definition) is 3. The number of carbonyl (C=O) groups excluding carboxylic acids is 1. The second kappa shape index (κ2) is 7.17. The Labute approximate surface area is 127 Å². The predicted octanol–water partition coefficient (Wildman–Crippen LogP) is 2.51. The lowest BCUT2D eigenvalue weighted by Crippen LogP contribution is -2.41. The minimum atomic E-state index is 0.461. The van der Waals surface area contributed by atoms with Crippen LogP contribution in [-0.4, -0.2) is 48.0 Å². The van der Waals surface area contributed by atoms with Gasteiger partial charge in [0.2, 0.25) is 5.91 Å². The van der Waals surface area contributed by atoms with Gasteiger partial charge in [-0.15, -0.1) is 0 Å². The van der Waals surface area contributed by atoms with Crippen molar-refractivity contribution in [3.63, 3.8) is 0 Å². The van der Waals surface area contributed by atoms with Gasteiger partial charge < -0.3 is 10.2 Å². The minimum Gasteiger partial charge on any atom is -0.339 e. The molecule has 0 aromatic heterocycles. The van der Waals surface area contributed by atoms with Crippen LogP contribution in [0.3, 0.4) is 0 Å². The van der Waals surface area contributed by atoms with Crippen LogP contribution in [0, 0.1) is 11.8 Å². The molecule has 2 aliphatic heterocycles. The first-order valence-electron chi connectivity index (χ1n) is 8.41. The van der Waals surface area contributed by atoms with Crippen molar-refractivity contribution < 1.29 is 4.79 Å². The monoisotopic (exact) mass is 296 g/mol. The summed E-state index contributed by atoms with van der Waals surface area (Å²) in [4.78, 5) is 14.9. The standard InChI is InChI=1S/C16H28N2OS/c19-16(11-13-5-9-20-10-6-13)18(15-1-2-15)12-14-3-7-17-8-4-14/h13-15,17H,1-12H2. The van der Waals surface area contributed by atoms with Crippen molar-refractivity contribution in [2.24, 2.45) is 11.8 Å². The SMILES string of the molecule is O=C(CC1CCSCC1)N(CC1CCNCC1)C1CC1. The number of carbonyl (C=O) groups is 1. The van der Waals surface area contributed by atoms with Gasteiger partial charge in [-0.2, -0.15) is 11.8 Å². The number of nitrogens with one attached hydrogen (secondary N) is 1. The molecule has 1 amide bonds. The van der Waals surface area contributed by atoms with E-state index in [0.717, 1.165) is 32.0 Å². The molecule has 0 aromatic carbocycles. The summed E-state index contributed by atoms with van der Waals surface area (Å²) in [6.07, 6.45) is 8.31. The molecule has 2 heterocycles. The number of amides is 1. The molecular formula is C16H28N2OS. The van der Waals surface area contributed by atoms with Crippen molar-refractivity contribution >= 4 is 17.7 Å². The average Bonchev–Trinajstić information content (AvgIpc) is 3.31. The molecule has 3 nitrogen and oxygen atoms in total. The van der Waals surface area contributed by atoms with E-state index in [1.165, 1.54) is 50.0 Å². The summed E-state index contributed by atoms with van der Waals surface area (Å²) < 4.78 is 0. The predicted molar refractivity (Wildman–Crippen MR) is 85.0 cm³/mol. The number of nitrogens with zero attached hydrogens (tertiary/aromatic N) is 1. The zero-order valence-electron chi connectivity index (χ0n) is 12.5. The van der Waals surface area contributed by atoms with Gasteiger partial charge >= 0.3 is 0 Å². The van der Waals surface area contributed by atoms with Crippen LogP contribution < -0.4 is 5.32 Å². The molecule has 4 heteroatoms. The first-order chi connectivity index (χ1) is 9.83. The third-order valence-corrected chi connectivity index (χ3v) is 6.07. The number of piperidine rings is 1. The molecule has 0 aromatic rings. The Morgan fingerprint density at radius 3 is 2.35 bits per heavy atom. The Morgan fingerprint density at radius 1 is 1.00 bits per heavy atom. The third-order valence-electron chi connectivity index (χ3n) is 5.03. The first kappa shape index (κ1) is 14.7.